The van der Waals surface area contributed by atoms with E-state index < -0.39 is 12.1 Å². The van der Waals surface area contributed by atoms with Crippen LogP contribution in [0, 0.1) is 0 Å². The van der Waals surface area contributed by atoms with Crippen molar-refractivity contribution in [3.8, 4) is 0 Å². The maximum absolute atomic E-state index is 10.6. The van der Waals surface area contributed by atoms with Gasteiger partial charge in [0.05, 0.1) is 0 Å². The molecular weight excluding hydrogens is 195 g/mol. The molecule has 1 rings (SSSR count). The van der Waals surface area contributed by atoms with Gasteiger partial charge in [-0.25, -0.2) is 4.79 Å². The Balaban J connectivity index is 0.000000211. The largest absolute Gasteiger partial charge is 0.490 e. The molecule has 72 valence electrons. The first-order chi connectivity index (χ1) is 5.34. The highest BCUT2D eigenvalue weighted by Crippen LogP contribution is 2.13. The van der Waals surface area contributed by atoms with Crippen LogP contribution in [0.2, 0.25) is 0 Å². The molecule has 12 heavy (non-hydrogen) atoms. The van der Waals surface area contributed by atoms with Gasteiger partial charge in [0.1, 0.15) is 0 Å². The van der Waals surface area contributed by atoms with Crippen LogP contribution >= 0.6 is 12.6 Å². The summed E-state index contributed by atoms with van der Waals surface area (Å²) in [7, 11) is 0. The average Bonchev–Trinajstić information content (AvgIpc) is 1.83. The van der Waals surface area contributed by atoms with E-state index in [1.54, 1.807) is 0 Å². The molecule has 0 bridgehead atoms. The minimum Gasteiger partial charge on any atom is -0.475 e. The zero-order valence-corrected chi connectivity index (χ0v) is 6.82. The number of alkyl halides is 3. The van der Waals surface area contributed by atoms with Crippen molar-refractivity contribution in [3.63, 3.8) is 0 Å². The van der Waals surface area contributed by atoms with Crippen LogP contribution in [0.25, 0.3) is 0 Å². The Morgan fingerprint density at radius 2 is 1.75 bits per heavy atom. The van der Waals surface area contributed by atoms with Crippen molar-refractivity contribution in [1.29, 1.82) is 0 Å². The number of aliphatic carboxylic acids is 1. The zero-order chi connectivity index (χ0) is 9.78. The summed E-state index contributed by atoms with van der Waals surface area (Å²) in [4.78, 5) is 8.90. The zero-order valence-electron chi connectivity index (χ0n) is 5.93. The van der Waals surface area contributed by atoms with Crippen LogP contribution in [0.5, 0.6) is 0 Å². The van der Waals surface area contributed by atoms with Gasteiger partial charge in [-0.15, -0.1) is 0 Å². The van der Waals surface area contributed by atoms with Crippen molar-refractivity contribution >= 4 is 18.6 Å². The van der Waals surface area contributed by atoms with Gasteiger partial charge in [0.15, 0.2) is 0 Å². The van der Waals surface area contributed by atoms with Crippen LogP contribution < -0.4 is 5.32 Å². The van der Waals surface area contributed by atoms with E-state index in [0.717, 1.165) is 13.1 Å². The summed E-state index contributed by atoms with van der Waals surface area (Å²) in [6, 6.07) is 0. The number of thiol groups is 1. The molecule has 1 aliphatic heterocycles. The molecule has 1 heterocycles. The second kappa shape index (κ2) is 4.56. The van der Waals surface area contributed by atoms with Gasteiger partial charge in [-0.3, -0.25) is 0 Å². The van der Waals surface area contributed by atoms with Gasteiger partial charge in [0.2, 0.25) is 0 Å². The molecule has 0 amide bonds. The van der Waals surface area contributed by atoms with Gasteiger partial charge >= 0.3 is 12.1 Å². The van der Waals surface area contributed by atoms with E-state index >= 15 is 0 Å². The van der Waals surface area contributed by atoms with E-state index in [0.29, 0.717) is 5.25 Å². The van der Waals surface area contributed by atoms with Gasteiger partial charge in [0, 0.05) is 18.3 Å². The number of rotatable bonds is 0. The summed E-state index contributed by atoms with van der Waals surface area (Å²) in [6.07, 6.45) is -5.08. The van der Waals surface area contributed by atoms with Gasteiger partial charge in [0.25, 0.3) is 0 Å². The number of carbonyl (C=O) groups is 1. The molecule has 1 aliphatic rings. The topological polar surface area (TPSA) is 49.3 Å². The van der Waals surface area contributed by atoms with Crippen LogP contribution in [0.1, 0.15) is 0 Å². The summed E-state index contributed by atoms with van der Waals surface area (Å²) in [6.45, 7) is 2.20. The van der Waals surface area contributed by atoms with Crippen LogP contribution in [0.3, 0.4) is 0 Å². The Morgan fingerprint density at radius 3 is 1.75 bits per heavy atom. The lowest BCUT2D eigenvalue weighted by atomic mass is 10.3. The standard InChI is InChI=1S/C3H7NS.C2HF3O2/c5-3-1-4-2-3;3-2(4,5)1(6)7/h3-5H,1-2H2;(H,6,7). The van der Waals surface area contributed by atoms with Gasteiger partial charge in [-0.2, -0.15) is 25.8 Å². The molecule has 0 radical (unpaired) electrons. The maximum atomic E-state index is 10.6. The van der Waals surface area contributed by atoms with E-state index in [4.69, 9.17) is 9.90 Å². The maximum Gasteiger partial charge on any atom is 0.490 e. The van der Waals surface area contributed by atoms with Gasteiger partial charge in [-0.05, 0) is 0 Å². The lowest BCUT2D eigenvalue weighted by Gasteiger charge is -2.20. The molecule has 3 nitrogen and oxygen atoms in total. The van der Waals surface area contributed by atoms with Crippen molar-refractivity contribution in [2.24, 2.45) is 0 Å². The Hall–Kier alpha value is -0.430. The van der Waals surface area contributed by atoms with E-state index in [1.165, 1.54) is 0 Å². The molecule has 0 spiro atoms. The van der Waals surface area contributed by atoms with Crippen LogP contribution in [0.15, 0.2) is 0 Å². The molecule has 0 unspecified atom stereocenters. The summed E-state index contributed by atoms with van der Waals surface area (Å²) >= 11 is 4.12. The first-order valence-corrected chi connectivity index (χ1v) is 3.54. The molecule has 2 N–H and O–H groups in total. The van der Waals surface area contributed by atoms with Crippen LogP contribution in [-0.2, 0) is 4.79 Å². The molecule has 0 aromatic carbocycles. The van der Waals surface area contributed by atoms with Gasteiger partial charge < -0.3 is 10.4 Å². The first kappa shape index (κ1) is 11.6. The number of carboxylic acids is 1. The number of hydrogen-bond donors (Lipinski definition) is 3. The van der Waals surface area contributed by atoms with Crippen LogP contribution in [-0.4, -0.2) is 35.6 Å². The molecule has 0 saturated carbocycles. The van der Waals surface area contributed by atoms with Crippen molar-refractivity contribution < 1.29 is 23.1 Å². The second-order valence-electron chi connectivity index (χ2n) is 2.11. The highest BCUT2D eigenvalue weighted by atomic mass is 32.1. The normalized spacial score (nSPS) is 17.3. The fourth-order valence-electron chi connectivity index (χ4n) is 0.273. The van der Waals surface area contributed by atoms with Gasteiger partial charge in [-0.1, -0.05) is 0 Å². The molecule has 0 aromatic heterocycles. The minimum atomic E-state index is -5.08. The SMILES string of the molecule is O=C(O)C(F)(F)F.SC1CNC1. The Labute approximate surface area is 72.4 Å². The smallest absolute Gasteiger partial charge is 0.475 e. The molecule has 7 heteroatoms. The highest BCUT2D eigenvalue weighted by molar-refractivity contribution is 7.81. The lowest BCUT2D eigenvalue weighted by Crippen LogP contribution is -2.42. The minimum absolute atomic E-state index is 0.648. The van der Waals surface area contributed by atoms with E-state index in [-0.39, 0.29) is 0 Å². The predicted octanol–water partition coefficient (Wildman–Crippen LogP) is 0.521. The molecule has 0 aromatic rings. The first-order valence-electron chi connectivity index (χ1n) is 3.03. The monoisotopic (exact) mass is 203 g/mol. The fraction of sp³-hybridized carbons (Fsp3) is 0.800. The lowest BCUT2D eigenvalue weighted by molar-refractivity contribution is -0.192. The molecule has 1 saturated heterocycles. The van der Waals surface area contributed by atoms with Crippen molar-refractivity contribution in [2.45, 2.75) is 11.4 Å². The third-order valence-electron chi connectivity index (χ3n) is 1.00. The fourth-order valence-corrected chi connectivity index (χ4v) is 0.532. The number of hydrogen-bond acceptors (Lipinski definition) is 3. The summed E-state index contributed by atoms with van der Waals surface area (Å²) < 4.78 is 31.7. The Bertz CT molecular complexity index is 157. The Kier molecular flexibility index (Phi) is 4.40. The molecular formula is C5H8F3NO2S. The van der Waals surface area contributed by atoms with E-state index in [9.17, 15) is 13.2 Å². The van der Waals surface area contributed by atoms with E-state index in [2.05, 4.69) is 17.9 Å². The van der Waals surface area contributed by atoms with Crippen molar-refractivity contribution in [1.82, 2.24) is 5.32 Å². The summed E-state index contributed by atoms with van der Waals surface area (Å²) in [5.41, 5.74) is 0. The molecule has 0 aliphatic carbocycles. The quantitative estimate of drug-likeness (QED) is 0.503. The van der Waals surface area contributed by atoms with Crippen LogP contribution in [0.4, 0.5) is 13.2 Å². The van der Waals surface area contributed by atoms with Crippen molar-refractivity contribution in [2.75, 3.05) is 13.1 Å². The number of carboxylic acid groups (broad SMARTS) is 1. The summed E-state index contributed by atoms with van der Waals surface area (Å²) in [5, 5.41) is 10.9. The number of nitrogens with one attached hydrogen (secondary N) is 1. The molecule has 1 fully saturated rings. The third kappa shape index (κ3) is 5.25. The second-order valence-corrected chi connectivity index (χ2v) is 2.85. The van der Waals surface area contributed by atoms with Crippen molar-refractivity contribution in [3.05, 3.63) is 0 Å². The third-order valence-corrected chi connectivity index (χ3v) is 1.37. The number of halogens is 3. The highest BCUT2D eigenvalue weighted by Gasteiger charge is 2.38. The molecule has 0 atom stereocenters. The van der Waals surface area contributed by atoms with E-state index in [1.807, 2.05) is 0 Å². The predicted molar refractivity (Wildman–Crippen MR) is 39.3 cm³/mol. The Morgan fingerprint density at radius 1 is 1.50 bits per heavy atom. The average molecular weight is 203 g/mol. The summed E-state index contributed by atoms with van der Waals surface area (Å²) in [5.74, 6) is -2.76.